The number of carbonyl (C=O) groups is 1. The Hall–Kier alpha value is -3.23. The number of benzene rings is 3. The van der Waals surface area contributed by atoms with Gasteiger partial charge in [0.2, 0.25) is 5.91 Å². The van der Waals surface area contributed by atoms with Gasteiger partial charge in [-0.25, -0.2) is 4.39 Å². The van der Waals surface area contributed by atoms with E-state index in [2.05, 4.69) is 16.7 Å². The molecular formula is C26H26FN3O. The monoisotopic (exact) mass is 415 g/mol. The normalized spacial score (nSPS) is 16.4. The second kappa shape index (κ2) is 8.87. The van der Waals surface area contributed by atoms with Crippen LogP contribution >= 0.6 is 0 Å². The zero-order valence-electron chi connectivity index (χ0n) is 17.6. The third-order valence-corrected chi connectivity index (χ3v) is 6.67. The molecule has 0 radical (unpaired) electrons. The Kier molecular flexibility index (Phi) is 6.01. The first-order valence-corrected chi connectivity index (χ1v) is 10.7. The largest absolute Gasteiger partial charge is 0.352 e. The summed E-state index contributed by atoms with van der Waals surface area (Å²) >= 11 is 0. The van der Waals surface area contributed by atoms with Crippen molar-refractivity contribution in [2.24, 2.45) is 5.92 Å². The average Bonchev–Trinajstić information content (AvgIpc) is 2.82. The predicted octanol–water partition coefficient (Wildman–Crippen LogP) is 4.42. The summed E-state index contributed by atoms with van der Waals surface area (Å²) in [5.74, 6) is -0.572. The molecule has 31 heavy (non-hydrogen) atoms. The van der Waals surface area contributed by atoms with Gasteiger partial charge in [-0.3, -0.25) is 4.79 Å². The number of halogens is 1. The van der Waals surface area contributed by atoms with Crippen molar-refractivity contribution in [2.75, 3.05) is 13.1 Å². The van der Waals surface area contributed by atoms with Crippen molar-refractivity contribution in [1.82, 2.24) is 10.6 Å². The van der Waals surface area contributed by atoms with E-state index in [1.165, 1.54) is 12.1 Å². The molecule has 1 heterocycles. The smallest absolute Gasteiger partial charge is 0.223 e. The molecule has 3 aromatic carbocycles. The quantitative estimate of drug-likeness (QED) is 0.648. The molecule has 4 nitrogen and oxygen atoms in total. The molecule has 158 valence electrons. The number of carbonyl (C=O) groups excluding carboxylic acids is 1. The van der Waals surface area contributed by atoms with Gasteiger partial charge in [-0.05, 0) is 72.1 Å². The summed E-state index contributed by atoms with van der Waals surface area (Å²) in [6.07, 6.45) is 1.64. The van der Waals surface area contributed by atoms with E-state index in [0.29, 0.717) is 12.1 Å². The summed E-state index contributed by atoms with van der Waals surface area (Å²) in [7, 11) is 0. The van der Waals surface area contributed by atoms with Gasteiger partial charge in [-0.15, -0.1) is 0 Å². The fourth-order valence-electron chi connectivity index (χ4n) is 4.81. The highest BCUT2D eigenvalue weighted by Crippen LogP contribution is 2.40. The van der Waals surface area contributed by atoms with Crippen molar-refractivity contribution < 1.29 is 9.18 Å². The van der Waals surface area contributed by atoms with Gasteiger partial charge in [0, 0.05) is 17.9 Å². The number of nitrogens with zero attached hydrogens (tertiary/aromatic N) is 1. The topological polar surface area (TPSA) is 64.9 Å². The molecule has 1 amide bonds. The summed E-state index contributed by atoms with van der Waals surface area (Å²) in [6, 6.07) is 20.4. The number of hydrogen-bond donors (Lipinski definition) is 2. The van der Waals surface area contributed by atoms with Crippen LogP contribution in [0.25, 0.3) is 10.8 Å². The van der Waals surface area contributed by atoms with Crippen LogP contribution in [0.1, 0.15) is 36.5 Å². The second-order valence-electron chi connectivity index (χ2n) is 8.32. The zero-order valence-corrected chi connectivity index (χ0v) is 17.6. The first-order valence-electron chi connectivity index (χ1n) is 10.7. The van der Waals surface area contributed by atoms with Gasteiger partial charge in [0.1, 0.15) is 5.82 Å². The van der Waals surface area contributed by atoms with Crippen LogP contribution in [0, 0.1) is 23.1 Å². The summed E-state index contributed by atoms with van der Waals surface area (Å²) < 4.78 is 13.5. The van der Waals surface area contributed by atoms with Gasteiger partial charge >= 0.3 is 0 Å². The average molecular weight is 416 g/mol. The maximum Gasteiger partial charge on any atom is 0.223 e. The molecular weight excluding hydrogens is 389 g/mol. The van der Waals surface area contributed by atoms with E-state index < -0.39 is 0 Å². The standard InChI is InChI=1S/C26H26FN3O/c1-18(26(10-12-29-13-11-26)22-6-8-23(27)9-7-22)25(31)30-17-21-15-19(16-28)14-20-4-2-3-5-24(20)21/h2-9,14-15,18,29H,10-13,17H2,1H3,(H,30,31). The molecule has 1 fully saturated rings. The molecule has 1 saturated heterocycles. The van der Waals surface area contributed by atoms with Crippen LogP contribution in [0.15, 0.2) is 60.7 Å². The van der Waals surface area contributed by atoms with E-state index in [1.54, 1.807) is 0 Å². The van der Waals surface area contributed by atoms with Crippen molar-refractivity contribution in [3.63, 3.8) is 0 Å². The van der Waals surface area contributed by atoms with Crippen LogP contribution in [-0.2, 0) is 16.8 Å². The van der Waals surface area contributed by atoms with Gasteiger partial charge < -0.3 is 10.6 Å². The third kappa shape index (κ3) is 4.17. The maximum absolute atomic E-state index is 13.5. The van der Waals surface area contributed by atoms with Crippen LogP contribution in [0.4, 0.5) is 4.39 Å². The number of fused-ring (bicyclic) bond motifs is 1. The minimum Gasteiger partial charge on any atom is -0.352 e. The Balaban J connectivity index is 1.58. The summed E-state index contributed by atoms with van der Waals surface area (Å²) in [6.45, 7) is 3.97. The lowest BCUT2D eigenvalue weighted by molar-refractivity contribution is -0.127. The number of amides is 1. The van der Waals surface area contributed by atoms with Crippen LogP contribution in [0.5, 0.6) is 0 Å². The van der Waals surface area contributed by atoms with Gasteiger partial charge in [0.25, 0.3) is 0 Å². The molecule has 0 spiro atoms. The molecule has 4 rings (SSSR count). The summed E-state index contributed by atoms with van der Waals surface area (Å²) in [5, 5.41) is 17.9. The van der Waals surface area contributed by atoms with Crippen molar-refractivity contribution in [2.45, 2.75) is 31.7 Å². The SMILES string of the molecule is CC(C(=O)NCc1cc(C#N)cc2ccccc12)C1(c2ccc(F)cc2)CCNCC1. The van der Waals surface area contributed by atoms with Gasteiger partial charge in [-0.2, -0.15) is 5.26 Å². The molecule has 1 atom stereocenters. The molecule has 0 aliphatic carbocycles. The van der Waals surface area contributed by atoms with E-state index in [1.807, 2.05) is 55.5 Å². The first kappa shape index (κ1) is 21.0. The van der Waals surface area contributed by atoms with Crippen molar-refractivity contribution in [1.29, 1.82) is 5.26 Å². The van der Waals surface area contributed by atoms with E-state index in [9.17, 15) is 14.4 Å². The Bertz CT molecular complexity index is 1130. The van der Waals surface area contributed by atoms with E-state index in [-0.39, 0.29) is 23.1 Å². The third-order valence-electron chi connectivity index (χ3n) is 6.67. The second-order valence-corrected chi connectivity index (χ2v) is 8.32. The lowest BCUT2D eigenvalue weighted by atomic mass is 9.65. The highest BCUT2D eigenvalue weighted by molar-refractivity contribution is 5.88. The highest BCUT2D eigenvalue weighted by atomic mass is 19.1. The Morgan fingerprint density at radius 1 is 1.16 bits per heavy atom. The van der Waals surface area contributed by atoms with Gasteiger partial charge in [-0.1, -0.05) is 43.3 Å². The van der Waals surface area contributed by atoms with Crippen LogP contribution in [0.2, 0.25) is 0 Å². The lowest BCUT2D eigenvalue weighted by Crippen LogP contribution is -2.49. The molecule has 3 aromatic rings. The zero-order chi connectivity index (χ0) is 21.8. The van der Waals surface area contributed by atoms with Crippen molar-refractivity contribution >= 4 is 16.7 Å². The van der Waals surface area contributed by atoms with Gasteiger partial charge in [0.15, 0.2) is 0 Å². The molecule has 5 heteroatoms. The van der Waals surface area contributed by atoms with Crippen LogP contribution in [0.3, 0.4) is 0 Å². The fraction of sp³-hybridized carbons (Fsp3) is 0.308. The predicted molar refractivity (Wildman–Crippen MR) is 120 cm³/mol. The Morgan fingerprint density at radius 2 is 1.87 bits per heavy atom. The maximum atomic E-state index is 13.5. The molecule has 1 aliphatic rings. The van der Waals surface area contributed by atoms with Crippen molar-refractivity contribution in [3.05, 3.63) is 83.2 Å². The summed E-state index contributed by atoms with van der Waals surface area (Å²) in [5.41, 5.74) is 2.18. The molecule has 1 aliphatic heterocycles. The van der Waals surface area contributed by atoms with E-state index >= 15 is 0 Å². The fourth-order valence-corrected chi connectivity index (χ4v) is 4.81. The van der Waals surface area contributed by atoms with E-state index in [0.717, 1.165) is 47.8 Å². The minimum atomic E-state index is -0.334. The molecule has 2 N–H and O–H groups in total. The first-order chi connectivity index (χ1) is 15.0. The number of nitriles is 1. The molecule has 0 bridgehead atoms. The number of piperidine rings is 1. The lowest BCUT2D eigenvalue weighted by Gasteiger charge is -2.42. The molecule has 0 aromatic heterocycles. The van der Waals surface area contributed by atoms with Crippen molar-refractivity contribution in [3.8, 4) is 6.07 Å². The van der Waals surface area contributed by atoms with E-state index in [4.69, 9.17) is 0 Å². The Labute approximate surface area is 182 Å². The van der Waals surface area contributed by atoms with Crippen LogP contribution < -0.4 is 10.6 Å². The van der Waals surface area contributed by atoms with Crippen LogP contribution in [-0.4, -0.2) is 19.0 Å². The van der Waals surface area contributed by atoms with Gasteiger partial charge in [0.05, 0.1) is 11.6 Å². The number of rotatable bonds is 5. The minimum absolute atomic E-state index is 0.0299. The Morgan fingerprint density at radius 3 is 2.58 bits per heavy atom. The summed E-state index contributed by atoms with van der Waals surface area (Å²) in [4.78, 5) is 13.3. The molecule has 1 unspecified atom stereocenters. The number of hydrogen-bond acceptors (Lipinski definition) is 3. The number of nitrogens with one attached hydrogen (secondary N) is 2. The molecule has 0 saturated carbocycles. The highest BCUT2D eigenvalue weighted by Gasteiger charge is 2.42.